The van der Waals surface area contributed by atoms with Crippen LogP contribution in [0.5, 0.6) is 0 Å². The molecule has 1 aliphatic rings. The third-order valence-corrected chi connectivity index (χ3v) is 3.63. The van der Waals surface area contributed by atoms with Gasteiger partial charge in [0.1, 0.15) is 17.6 Å². The third-order valence-electron chi connectivity index (χ3n) is 3.63. The molecule has 0 saturated carbocycles. The maximum absolute atomic E-state index is 11.3. The highest BCUT2D eigenvalue weighted by Crippen LogP contribution is 2.35. The first-order valence-corrected chi connectivity index (χ1v) is 6.89. The van der Waals surface area contributed by atoms with Gasteiger partial charge in [0.15, 0.2) is 0 Å². The van der Waals surface area contributed by atoms with Crippen LogP contribution in [0.4, 0.5) is 17.1 Å². The van der Waals surface area contributed by atoms with E-state index in [1.807, 2.05) is 0 Å². The van der Waals surface area contributed by atoms with Crippen molar-refractivity contribution in [2.45, 2.75) is 6.10 Å². The van der Waals surface area contributed by atoms with Gasteiger partial charge >= 0.3 is 0 Å². The van der Waals surface area contributed by atoms with E-state index in [0.717, 1.165) is 6.07 Å². The minimum absolute atomic E-state index is 0.292. The topological polar surface area (TPSA) is 112 Å². The van der Waals surface area contributed by atoms with Crippen molar-refractivity contribution >= 4 is 17.1 Å². The van der Waals surface area contributed by atoms with Gasteiger partial charge in [0.05, 0.1) is 35.3 Å². The summed E-state index contributed by atoms with van der Waals surface area (Å²) in [6.45, 7) is 1.20. The van der Waals surface area contributed by atoms with Gasteiger partial charge in [-0.15, -0.1) is 0 Å². The lowest BCUT2D eigenvalue weighted by atomic mass is 10.1. The summed E-state index contributed by atoms with van der Waals surface area (Å²) in [6, 6.07) is 7.16. The van der Waals surface area contributed by atoms with Crippen molar-refractivity contribution in [2.24, 2.45) is 0 Å². The van der Waals surface area contributed by atoms with Crippen LogP contribution in [0, 0.1) is 20.2 Å². The minimum Gasteiger partial charge on any atom is -0.467 e. The maximum atomic E-state index is 11.3. The Morgan fingerprint density at radius 2 is 2.00 bits per heavy atom. The molecule has 9 nitrogen and oxygen atoms in total. The quantitative estimate of drug-likeness (QED) is 0.629. The number of nitrogens with zero attached hydrogens (tertiary/aromatic N) is 3. The van der Waals surface area contributed by atoms with Gasteiger partial charge in [-0.2, -0.15) is 0 Å². The molecule has 1 aromatic heterocycles. The Balaban J connectivity index is 1.91. The minimum atomic E-state index is -0.651. The standard InChI is InChI=1S/C14H13N3O6/c18-16(19)10-3-4-11(12(8-10)17(20)21)15-5-7-23-14(9-15)13-2-1-6-22-13/h1-4,6,8,14H,5,7,9H2. The molecule has 1 aliphatic heterocycles. The van der Waals surface area contributed by atoms with Gasteiger partial charge in [-0.1, -0.05) is 0 Å². The molecule has 1 atom stereocenters. The second-order valence-corrected chi connectivity index (χ2v) is 5.01. The van der Waals surface area contributed by atoms with Crippen molar-refractivity contribution in [3.8, 4) is 0 Å². The molecule has 9 heteroatoms. The number of benzene rings is 1. The van der Waals surface area contributed by atoms with Gasteiger partial charge < -0.3 is 14.1 Å². The number of anilines is 1. The van der Waals surface area contributed by atoms with E-state index >= 15 is 0 Å². The molecule has 0 bridgehead atoms. The highest BCUT2D eigenvalue weighted by atomic mass is 16.6. The van der Waals surface area contributed by atoms with Crippen LogP contribution in [0.1, 0.15) is 11.9 Å². The Kier molecular flexibility index (Phi) is 3.94. The fourth-order valence-electron chi connectivity index (χ4n) is 2.55. The fraction of sp³-hybridized carbons (Fsp3) is 0.286. The largest absolute Gasteiger partial charge is 0.467 e. The van der Waals surface area contributed by atoms with E-state index in [-0.39, 0.29) is 17.5 Å². The molecule has 1 saturated heterocycles. The van der Waals surface area contributed by atoms with Gasteiger partial charge in [-0.3, -0.25) is 20.2 Å². The van der Waals surface area contributed by atoms with Crippen molar-refractivity contribution in [1.29, 1.82) is 0 Å². The van der Waals surface area contributed by atoms with Crippen molar-refractivity contribution < 1.29 is 19.0 Å². The van der Waals surface area contributed by atoms with E-state index in [9.17, 15) is 20.2 Å². The Bertz CT molecular complexity index is 730. The number of non-ortho nitro benzene ring substituents is 1. The number of ether oxygens (including phenoxy) is 1. The molecule has 0 radical (unpaired) electrons. The molecule has 1 aromatic carbocycles. The van der Waals surface area contributed by atoms with Crippen molar-refractivity contribution in [3.05, 3.63) is 62.6 Å². The van der Waals surface area contributed by atoms with Gasteiger partial charge in [-0.25, -0.2) is 0 Å². The molecule has 0 amide bonds. The van der Waals surface area contributed by atoms with E-state index < -0.39 is 9.85 Å². The molecule has 0 aliphatic carbocycles. The van der Waals surface area contributed by atoms with Gasteiger partial charge in [0, 0.05) is 12.6 Å². The maximum Gasteiger partial charge on any atom is 0.299 e. The molecule has 23 heavy (non-hydrogen) atoms. The number of furan rings is 1. The molecular weight excluding hydrogens is 306 g/mol. The summed E-state index contributed by atoms with van der Waals surface area (Å²) in [5.41, 5.74) is -0.268. The van der Waals surface area contributed by atoms with Gasteiger partial charge in [0.2, 0.25) is 0 Å². The van der Waals surface area contributed by atoms with E-state index in [1.165, 1.54) is 18.4 Å². The van der Waals surface area contributed by atoms with Gasteiger partial charge in [0.25, 0.3) is 11.4 Å². The van der Waals surface area contributed by atoms with Crippen LogP contribution in [0.3, 0.4) is 0 Å². The van der Waals surface area contributed by atoms with Crippen LogP contribution < -0.4 is 4.90 Å². The van der Waals surface area contributed by atoms with Crippen molar-refractivity contribution in [1.82, 2.24) is 0 Å². The van der Waals surface area contributed by atoms with E-state index in [4.69, 9.17) is 9.15 Å². The number of hydrogen-bond donors (Lipinski definition) is 0. The zero-order chi connectivity index (χ0) is 16.4. The Labute approximate surface area is 130 Å². The molecule has 1 unspecified atom stereocenters. The second-order valence-electron chi connectivity index (χ2n) is 5.01. The fourth-order valence-corrected chi connectivity index (χ4v) is 2.55. The number of nitro groups is 2. The summed E-state index contributed by atoms with van der Waals surface area (Å²) in [5, 5.41) is 22.1. The average Bonchev–Trinajstić information content (AvgIpc) is 3.09. The molecule has 2 aromatic rings. The molecule has 2 heterocycles. The third kappa shape index (κ3) is 2.99. The predicted molar refractivity (Wildman–Crippen MR) is 79.4 cm³/mol. The summed E-state index contributed by atoms with van der Waals surface area (Å²) in [7, 11) is 0. The molecule has 0 N–H and O–H groups in total. The molecule has 0 spiro atoms. The van der Waals surface area contributed by atoms with E-state index in [1.54, 1.807) is 17.0 Å². The van der Waals surface area contributed by atoms with Crippen LogP contribution in [-0.4, -0.2) is 29.5 Å². The highest BCUT2D eigenvalue weighted by molar-refractivity contribution is 5.67. The lowest BCUT2D eigenvalue weighted by molar-refractivity contribution is -0.393. The first-order chi connectivity index (χ1) is 11.1. The first kappa shape index (κ1) is 15.0. The Morgan fingerprint density at radius 1 is 1.17 bits per heavy atom. The van der Waals surface area contributed by atoms with Crippen LogP contribution >= 0.6 is 0 Å². The van der Waals surface area contributed by atoms with Crippen LogP contribution in [0.25, 0.3) is 0 Å². The van der Waals surface area contributed by atoms with Crippen molar-refractivity contribution in [3.63, 3.8) is 0 Å². The predicted octanol–water partition coefficient (Wildman–Crippen LogP) is 2.67. The van der Waals surface area contributed by atoms with Crippen LogP contribution in [0.15, 0.2) is 41.0 Å². The van der Waals surface area contributed by atoms with Crippen molar-refractivity contribution in [2.75, 3.05) is 24.6 Å². The summed E-state index contributed by atoms with van der Waals surface area (Å²) < 4.78 is 10.9. The zero-order valence-corrected chi connectivity index (χ0v) is 12.0. The molecule has 120 valence electrons. The zero-order valence-electron chi connectivity index (χ0n) is 12.0. The number of morpholine rings is 1. The molecule has 3 rings (SSSR count). The monoisotopic (exact) mass is 319 g/mol. The smallest absolute Gasteiger partial charge is 0.299 e. The van der Waals surface area contributed by atoms with Crippen LogP contribution in [0.2, 0.25) is 0 Å². The Morgan fingerprint density at radius 3 is 2.65 bits per heavy atom. The lowest BCUT2D eigenvalue weighted by Gasteiger charge is -2.33. The van der Waals surface area contributed by atoms with E-state index in [0.29, 0.717) is 31.1 Å². The molecule has 1 fully saturated rings. The Hall–Kier alpha value is -2.94. The number of nitro benzene ring substituents is 2. The summed E-state index contributed by atoms with van der Waals surface area (Å²) >= 11 is 0. The average molecular weight is 319 g/mol. The summed E-state index contributed by atoms with van der Waals surface area (Å²) in [4.78, 5) is 22.6. The lowest BCUT2D eigenvalue weighted by Crippen LogP contribution is -2.38. The SMILES string of the molecule is O=[N+]([O-])c1ccc(N2CCOC(c3ccco3)C2)c([N+](=O)[O-])c1. The number of hydrogen-bond acceptors (Lipinski definition) is 7. The second kappa shape index (κ2) is 6.05. The number of rotatable bonds is 4. The van der Waals surface area contributed by atoms with Crippen LogP contribution in [-0.2, 0) is 4.74 Å². The summed E-state index contributed by atoms with van der Waals surface area (Å²) in [6.07, 6.45) is 1.19. The van der Waals surface area contributed by atoms with E-state index in [2.05, 4.69) is 0 Å². The first-order valence-electron chi connectivity index (χ1n) is 6.89. The normalized spacial score (nSPS) is 17.9. The highest BCUT2D eigenvalue weighted by Gasteiger charge is 2.29. The summed E-state index contributed by atoms with van der Waals surface area (Å²) in [5.74, 6) is 0.638. The molecular formula is C14H13N3O6. The van der Waals surface area contributed by atoms with Gasteiger partial charge in [-0.05, 0) is 18.2 Å².